The van der Waals surface area contributed by atoms with E-state index in [0.717, 1.165) is 22.0 Å². The summed E-state index contributed by atoms with van der Waals surface area (Å²) in [6, 6.07) is 1.84. The van der Waals surface area contributed by atoms with E-state index in [2.05, 4.69) is 30.7 Å². The number of aliphatic imine (C=N–C) groups is 1. The van der Waals surface area contributed by atoms with Crippen LogP contribution in [0.3, 0.4) is 0 Å². The van der Waals surface area contributed by atoms with E-state index in [4.69, 9.17) is 4.74 Å². The van der Waals surface area contributed by atoms with E-state index < -0.39 is 5.97 Å². The zero-order valence-corrected chi connectivity index (χ0v) is 14.8. The molecule has 0 bridgehead atoms. The maximum absolute atomic E-state index is 12.1. The molecule has 0 amide bonds. The van der Waals surface area contributed by atoms with Crippen molar-refractivity contribution in [3.63, 3.8) is 0 Å². The van der Waals surface area contributed by atoms with E-state index in [0.29, 0.717) is 11.4 Å². The number of hydrogen-bond acceptors (Lipinski definition) is 4. The average molecular weight is 313 g/mol. The molecule has 0 atom stereocenters. The number of ether oxygens (including phenoxy) is 1. The normalized spacial score (nSPS) is 11.3. The third-order valence-corrected chi connectivity index (χ3v) is 4.27. The molecule has 0 N–H and O–H groups in total. The SMILES string of the molecule is COC(=O)c1cc2c(C)c(C)c(C)c(C)c2nc1/N=C/N(C)C. The van der Waals surface area contributed by atoms with Crippen molar-refractivity contribution in [2.75, 3.05) is 21.2 Å². The summed E-state index contributed by atoms with van der Waals surface area (Å²) >= 11 is 0. The molecule has 0 fully saturated rings. The summed E-state index contributed by atoms with van der Waals surface area (Å²) in [5.74, 6) is -0.0515. The molecule has 0 aliphatic heterocycles. The van der Waals surface area contributed by atoms with Gasteiger partial charge in [-0.1, -0.05) is 0 Å². The van der Waals surface area contributed by atoms with Gasteiger partial charge in [0.05, 0.1) is 19.0 Å². The number of esters is 1. The number of methoxy groups -OCH3 is 1. The second-order valence-corrected chi connectivity index (χ2v) is 5.96. The molecule has 1 heterocycles. The van der Waals surface area contributed by atoms with Crippen LogP contribution in [0.1, 0.15) is 32.6 Å². The van der Waals surface area contributed by atoms with E-state index in [1.54, 1.807) is 11.2 Å². The Morgan fingerprint density at radius 1 is 1.13 bits per heavy atom. The molecule has 23 heavy (non-hydrogen) atoms. The van der Waals surface area contributed by atoms with Crippen molar-refractivity contribution in [2.24, 2.45) is 4.99 Å². The summed E-state index contributed by atoms with van der Waals surface area (Å²) < 4.78 is 4.89. The maximum Gasteiger partial charge on any atom is 0.341 e. The van der Waals surface area contributed by atoms with Gasteiger partial charge in [0.25, 0.3) is 0 Å². The molecule has 0 spiro atoms. The Balaban J connectivity index is 2.86. The van der Waals surface area contributed by atoms with Gasteiger partial charge in [0.1, 0.15) is 5.56 Å². The van der Waals surface area contributed by atoms with Crippen LogP contribution in [0.25, 0.3) is 10.9 Å². The van der Waals surface area contributed by atoms with E-state index in [-0.39, 0.29) is 0 Å². The topological polar surface area (TPSA) is 54.8 Å². The van der Waals surface area contributed by atoms with Crippen LogP contribution in [0.2, 0.25) is 0 Å². The number of fused-ring (bicyclic) bond motifs is 1. The van der Waals surface area contributed by atoms with Crippen LogP contribution in [-0.4, -0.2) is 43.4 Å². The van der Waals surface area contributed by atoms with Gasteiger partial charge in [-0.15, -0.1) is 0 Å². The second kappa shape index (κ2) is 6.36. The van der Waals surface area contributed by atoms with Crippen molar-refractivity contribution in [3.8, 4) is 0 Å². The number of carbonyl (C=O) groups is 1. The minimum absolute atomic E-state index is 0.379. The zero-order valence-electron chi connectivity index (χ0n) is 14.8. The first-order chi connectivity index (χ1) is 10.8. The average Bonchev–Trinajstić information content (AvgIpc) is 2.54. The van der Waals surface area contributed by atoms with Crippen LogP contribution in [0.15, 0.2) is 11.1 Å². The first kappa shape index (κ1) is 16.9. The quantitative estimate of drug-likeness (QED) is 0.494. The molecule has 0 aliphatic rings. The summed E-state index contributed by atoms with van der Waals surface area (Å²) in [6.45, 7) is 8.28. The monoisotopic (exact) mass is 313 g/mol. The summed E-state index contributed by atoms with van der Waals surface area (Å²) in [7, 11) is 5.10. The van der Waals surface area contributed by atoms with E-state index >= 15 is 0 Å². The number of carbonyl (C=O) groups excluding carboxylic acids is 1. The highest BCUT2D eigenvalue weighted by molar-refractivity contribution is 6.00. The first-order valence-electron chi connectivity index (χ1n) is 7.48. The highest BCUT2D eigenvalue weighted by Crippen LogP contribution is 2.31. The van der Waals surface area contributed by atoms with E-state index in [1.165, 1.54) is 18.2 Å². The number of hydrogen-bond donors (Lipinski definition) is 0. The minimum atomic E-state index is -0.430. The van der Waals surface area contributed by atoms with Crippen LogP contribution in [0.4, 0.5) is 5.82 Å². The highest BCUT2D eigenvalue weighted by atomic mass is 16.5. The van der Waals surface area contributed by atoms with Crippen LogP contribution < -0.4 is 0 Å². The Hall–Kier alpha value is -2.43. The number of benzene rings is 1. The van der Waals surface area contributed by atoms with Crippen molar-refractivity contribution in [3.05, 3.63) is 33.9 Å². The standard InChI is InChI=1S/C18H23N3O2/c1-10-11(2)13(4)16-14(12(10)3)8-15(18(22)23-7)17(20-16)19-9-21(5)6/h8-9H,1-7H3/b19-9+. The Kier molecular flexibility index (Phi) is 4.68. The fourth-order valence-corrected chi connectivity index (χ4v) is 2.55. The Morgan fingerprint density at radius 2 is 1.74 bits per heavy atom. The summed E-state index contributed by atoms with van der Waals surface area (Å²) in [4.78, 5) is 22.9. The van der Waals surface area contributed by atoms with Crippen molar-refractivity contribution in [1.82, 2.24) is 9.88 Å². The highest BCUT2D eigenvalue weighted by Gasteiger charge is 2.18. The number of rotatable bonds is 3. The van der Waals surface area contributed by atoms with Crippen molar-refractivity contribution in [2.45, 2.75) is 27.7 Å². The Labute approximate surface area is 137 Å². The Bertz CT molecular complexity index is 808. The third kappa shape index (κ3) is 3.04. The molecule has 2 aromatic rings. The number of aromatic nitrogens is 1. The molecule has 0 saturated carbocycles. The maximum atomic E-state index is 12.1. The van der Waals surface area contributed by atoms with Crippen LogP contribution in [-0.2, 0) is 4.74 Å². The van der Waals surface area contributed by atoms with Gasteiger partial charge >= 0.3 is 5.97 Å². The van der Waals surface area contributed by atoms with Gasteiger partial charge < -0.3 is 9.64 Å². The predicted octanol–water partition coefficient (Wildman–Crippen LogP) is 3.48. The number of pyridine rings is 1. The Morgan fingerprint density at radius 3 is 2.30 bits per heavy atom. The van der Waals surface area contributed by atoms with Gasteiger partial charge in [-0.2, -0.15) is 0 Å². The van der Waals surface area contributed by atoms with Gasteiger partial charge in [0.15, 0.2) is 5.82 Å². The molecule has 0 unspecified atom stereocenters. The number of aryl methyl sites for hydroxylation is 2. The van der Waals surface area contributed by atoms with Gasteiger partial charge in [-0.25, -0.2) is 14.8 Å². The third-order valence-electron chi connectivity index (χ3n) is 4.27. The molecule has 1 aromatic carbocycles. The lowest BCUT2D eigenvalue weighted by atomic mass is 9.94. The molecule has 5 nitrogen and oxygen atoms in total. The van der Waals surface area contributed by atoms with E-state index in [1.807, 2.05) is 27.1 Å². The molecular weight excluding hydrogens is 290 g/mol. The molecule has 2 rings (SSSR count). The summed E-state index contributed by atoms with van der Waals surface area (Å²) in [5, 5.41) is 0.967. The molecule has 122 valence electrons. The fourth-order valence-electron chi connectivity index (χ4n) is 2.55. The first-order valence-corrected chi connectivity index (χ1v) is 7.48. The lowest BCUT2D eigenvalue weighted by molar-refractivity contribution is 0.0601. The minimum Gasteiger partial charge on any atom is -0.465 e. The van der Waals surface area contributed by atoms with Crippen molar-refractivity contribution >= 4 is 29.0 Å². The summed E-state index contributed by atoms with van der Waals surface area (Å²) in [5.41, 5.74) is 5.94. The number of nitrogens with zero attached hydrogens (tertiary/aromatic N) is 3. The lowest BCUT2D eigenvalue weighted by Gasteiger charge is -2.15. The lowest BCUT2D eigenvalue weighted by Crippen LogP contribution is -2.09. The molecule has 0 saturated heterocycles. The molecule has 5 heteroatoms. The van der Waals surface area contributed by atoms with Gasteiger partial charge in [-0.05, 0) is 56.0 Å². The van der Waals surface area contributed by atoms with Crippen molar-refractivity contribution < 1.29 is 9.53 Å². The van der Waals surface area contributed by atoms with Crippen LogP contribution >= 0.6 is 0 Å². The largest absolute Gasteiger partial charge is 0.465 e. The second-order valence-electron chi connectivity index (χ2n) is 5.96. The zero-order chi connectivity index (χ0) is 17.3. The predicted molar refractivity (Wildman–Crippen MR) is 93.9 cm³/mol. The van der Waals surface area contributed by atoms with E-state index in [9.17, 15) is 4.79 Å². The van der Waals surface area contributed by atoms with Gasteiger partial charge in [0, 0.05) is 19.5 Å². The van der Waals surface area contributed by atoms with Crippen molar-refractivity contribution in [1.29, 1.82) is 0 Å². The molecule has 0 radical (unpaired) electrons. The van der Waals surface area contributed by atoms with Crippen LogP contribution in [0.5, 0.6) is 0 Å². The van der Waals surface area contributed by atoms with Crippen LogP contribution in [0, 0.1) is 27.7 Å². The van der Waals surface area contributed by atoms with Gasteiger partial charge in [0.2, 0.25) is 0 Å². The molecule has 0 aliphatic carbocycles. The van der Waals surface area contributed by atoms with Gasteiger partial charge in [-0.3, -0.25) is 0 Å². The summed E-state index contributed by atoms with van der Waals surface area (Å²) in [6.07, 6.45) is 1.63. The molecule has 1 aromatic heterocycles. The fraction of sp³-hybridized carbons (Fsp3) is 0.389. The smallest absolute Gasteiger partial charge is 0.341 e. The molecular formula is C18H23N3O2.